The molecule has 6 atom stereocenters. The highest BCUT2D eigenvalue weighted by molar-refractivity contribution is 6.11. The van der Waals surface area contributed by atoms with Crippen molar-refractivity contribution >= 4 is 61.8 Å². The van der Waals surface area contributed by atoms with Crippen molar-refractivity contribution in [1.29, 1.82) is 0 Å². The first-order valence-corrected chi connectivity index (χ1v) is 21.5. The molecule has 0 radical (unpaired) electrons. The smallest absolute Gasteiger partial charge is 0.121 e. The number of para-hydroxylation sites is 4. The van der Waals surface area contributed by atoms with Crippen LogP contribution in [-0.4, -0.2) is 27.8 Å². The van der Waals surface area contributed by atoms with Crippen LogP contribution in [0, 0.1) is 11.8 Å². The molecule has 4 aromatic carbocycles. The van der Waals surface area contributed by atoms with Crippen LogP contribution >= 0.6 is 0 Å². The van der Waals surface area contributed by atoms with Gasteiger partial charge < -0.3 is 20.1 Å². The van der Waals surface area contributed by atoms with E-state index in [1.165, 1.54) is 72.4 Å². The quantitative estimate of drug-likeness (QED) is 0.183. The highest BCUT2D eigenvalue weighted by Gasteiger charge is 2.46. The van der Waals surface area contributed by atoms with Crippen molar-refractivity contribution in [1.82, 2.24) is 9.55 Å². The normalized spacial score (nSPS) is 25.0. The van der Waals surface area contributed by atoms with E-state index in [2.05, 4.69) is 197 Å². The summed E-state index contributed by atoms with van der Waals surface area (Å²) in [6.45, 7) is 2.35. The lowest BCUT2D eigenvalue weighted by atomic mass is 9.81. The summed E-state index contributed by atoms with van der Waals surface area (Å²) in [5.74, 6) is 1.01. The van der Waals surface area contributed by atoms with Gasteiger partial charge in [-0.2, -0.15) is 0 Å². The number of fused-ring (bicyclic) bond motifs is 8. The van der Waals surface area contributed by atoms with Gasteiger partial charge in [0.05, 0.1) is 40.2 Å². The van der Waals surface area contributed by atoms with E-state index in [9.17, 15) is 0 Å². The van der Waals surface area contributed by atoms with E-state index in [1.807, 2.05) is 0 Å². The molecule has 2 aromatic heterocycles. The fourth-order valence-corrected chi connectivity index (χ4v) is 10.8. The number of rotatable bonds is 5. The molecule has 59 heavy (non-hydrogen) atoms. The van der Waals surface area contributed by atoms with E-state index in [4.69, 9.17) is 4.98 Å². The van der Waals surface area contributed by atoms with Crippen molar-refractivity contribution in [3.05, 3.63) is 192 Å². The van der Waals surface area contributed by atoms with E-state index >= 15 is 0 Å². The maximum Gasteiger partial charge on any atom is 0.121 e. The number of hydrogen-bond donors (Lipinski definition) is 2. The third-order valence-corrected chi connectivity index (χ3v) is 13.7. The number of benzene rings is 4. The summed E-state index contributed by atoms with van der Waals surface area (Å²) in [7, 11) is 0. The number of hydrogen-bond acceptors (Lipinski definition) is 4. The Morgan fingerprint density at radius 3 is 2.47 bits per heavy atom. The van der Waals surface area contributed by atoms with Crippen LogP contribution in [0.5, 0.6) is 0 Å². The van der Waals surface area contributed by atoms with Gasteiger partial charge in [-0.1, -0.05) is 128 Å². The molecule has 2 N–H and O–H groups in total. The van der Waals surface area contributed by atoms with Crippen molar-refractivity contribution < 1.29 is 0 Å². The molecule has 0 saturated heterocycles. The van der Waals surface area contributed by atoms with E-state index in [-0.39, 0.29) is 24.2 Å². The zero-order valence-corrected chi connectivity index (χ0v) is 33.3. The number of allylic oxidation sites excluding steroid dienone is 10. The topological polar surface area (TPSA) is 45.1 Å². The molecule has 6 aliphatic rings. The van der Waals surface area contributed by atoms with Crippen LogP contribution in [-0.2, 0) is 6.42 Å². The Bertz CT molecular complexity index is 2910. The van der Waals surface area contributed by atoms with Crippen LogP contribution in [0.2, 0.25) is 0 Å². The van der Waals surface area contributed by atoms with Crippen LogP contribution in [0.15, 0.2) is 164 Å². The first kappa shape index (κ1) is 34.5. The molecule has 0 spiro atoms. The van der Waals surface area contributed by atoms with E-state index in [0.717, 1.165) is 37.1 Å². The third-order valence-electron chi connectivity index (χ3n) is 13.7. The monoisotopic (exact) mass is 765 g/mol. The minimum absolute atomic E-state index is 0.0326. The van der Waals surface area contributed by atoms with Gasteiger partial charge in [0.25, 0.3) is 0 Å². The molecular formula is C54H47N5. The lowest BCUT2D eigenvalue weighted by Gasteiger charge is -2.48. The van der Waals surface area contributed by atoms with Crippen LogP contribution in [0.1, 0.15) is 60.2 Å². The van der Waals surface area contributed by atoms with Crippen molar-refractivity contribution in [3.63, 3.8) is 0 Å². The molecule has 4 aliphatic carbocycles. The molecule has 5 nitrogen and oxygen atoms in total. The Morgan fingerprint density at radius 2 is 1.54 bits per heavy atom. The molecular weight excluding hydrogens is 719 g/mol. The second-order valence-electron chi connectivity index (χ2n) is 17.1. The van der Waals surface area contributed by atoms with Crippen LogP contribution < -0.4 is 15.5 Å². The Hall–Kier alpha value is -6.59. The number of nitrogens with one attached hydrogen (secondary N) is 2. The Balaban J connectivity index is 0.937. The molecule has 0 bridgehead atoms. The lowest BCUT2D eigenvalue weighted by Crippen LogP contribution is -2.59. The zero-order valence-electron chi connectivity index (χ0n) is 33.3. The molecule has 12 rings (SSSR count). The van der Waals surface area contributed by atoms with Crippen molar-refractivity contribution in [2.75, 3.05) is 15.5 Å². The van der Waals surface area contributed by atoms with Crippen molar-refractivity contribution in [2.24, 2.45) is 11.8 Å². The van der Waals surface area contributed by atoms with E-state index in [1.54, 1.807) is 0 Å². The molecule has 6 unspecified atom stereocenters. The second kappa shape index (κ2) is 13.8. The van der Waals surface area contributed by atoms with Gasteiger partial charge in [-0.15, -0.1) is 0 Å². The molecule has 6 aromatic rings. The summed E-state index contributed by atoms with van der Waals surface area (Å²) in [4.78, 5) is 7.84. The maximum absolute atomic E-state index is 5.15. The summed E-state index contributed by atoms with van der Waals surface area (Å²) in [6, 6.07) is 38.6. The predicted octanol–water partition coefficient (Wildman–Crippen LogP) is 12.4. The maximum atomic E-state index is 5.15. The third kappa shape index (κ3) is 5.62. The first-order chi connectivity index (χ1) is 29.2. The van der Waals surface area contributed by atoms with Gasteiger partial charge in [0.15, 0.2) is 0 Å². The molecule has 0 saturated carbocycles. The molecule has 5 heteroatoms. The molecule has 288 valence electrons. The average molecular weight is 766 g/mol. The average Bonchev–Trinajstić information content (AvgIpc) is 3.81. The number of nitrogens with zero attached hydrogens (tertiary/aromatic N) is 3. The summed E-state index contributed by atoms with van der Waals surface area (Å²) in [5, 5.41) is 10.7. The fourth-order valence-electron chi connectivity index (χ4n) is 10.8. The Kier molecular flexibility index (Phi) is 8.04. The summed E-state index contributed by atoms with van der Waals surface area (Å²) in [5.41, 5.74) is 16.1. The first-order valence-electron chi connectivity index (χ1n) is 21.5. The molecule has 0 amide bonds. The van der Waals surface area contributed by atoms with Crippen LogP contribution in [0.4, 0.5) is 17.1 Å². The van der Waals surface area contributed by atoms with Crippen LogP contribution in [0.25, 0.3) is 44.7 Å². The largest absolute Gasteiger partial charge is 0.376 e. The highest BCUT2D eigenvalue weighted by atomic mass is 15.4. The SMILES string of the molecule is CC1C=CC=CC1C1Nc2ccccc2NC1N1c2ccccc2C2C=CC(c3ccc4c(c3)c3ccccc3n4C3=CC(c4ccc5c(n4)CCC=C5)=CCC3)=CC21. The molecule has 2 aliphatic heterocycles. The minimum Gasteiger partial charge on any atom is -0.376 e. The van der Waals surface area contributed by atoms with Gasteiger partial charge in [0, 0.05) is 39.7 Å². The van der Waals surface area contributed by atoms with Crippen molar-refractivity contribution in [2.45, 2.75) is 56.8 Å². The number of aromatic nitrogens is 2. The van der Waals surface area contributed by atoms with Gasteiger partial charge in [-0.25, -0.2) is 0 Å². The summed E-state index contributed by atoms with van der Waals surface area (Å²) < 4.78 is 2.51. The lowest BCUT2D eigenvalue weighted by molar-refractivity contribution is 0.376. The van der Waals surface area contributed by atoms with Gasteiger partial charge in [-0.3, -0.25) is 4.98 Å². The van der Waals surface area contributed by atoms with Gasteiger partial charge in [-0.05, 0) is 108 Å². The second-order valence-corrected chi connectivity index (χ2v) is 17.1. The van der Waals surface area contributed by atoms with Gasteiger partial charge >= 0.3 is 0 Å². The van der Waals surface area contributed by atoms with Crippen molar-refractivity contribution in [3.8, 4) is 0 Å². The number of anilines is 3. The molecule has 0 fully saturated rings. The number of aryl methyl sites for hydroxylation is 1. The van der Waals surface area contributed by atoms with Gasteiger partial charge in [0.1, 0.15) is 6.17 Å². The van der Waals surface area contributed by atoms with Crippen LogP contribution in [0.3, 0.4) is 0 Å². The highest BCUT2D eigenvalue weighted by Crippen LogP contribution is 2.49. The summed E-state index contributed by atoms with van der Waals surface area (Å²) in [6.07, 6.45) is 29.9. The molecule has 4 heterocycles. The number of pyridine rings is 1. The standard InChI is InChI=1S/C54H47N5/c1-34-13-2-4-17-40(34)53-54(57-48-22-9-8-21-47(48)56-53)59-50-24-11-5-18-41(50)43-28-25-37(33-52(43)59)36-27-30-51-44(32-36)42-19-6-10-23-49(42)58(51)39-16-12-15-38(31-39)46-29-26-35-14-3-7-20-45(35)55-46/h2-6,8-11,13-15,17-19,21-34,40,43,52-54,56-57H,7,12,16,20H2,1H3. The fraction of sp³-hybridized carbons (Fsp3) is 0.204. The predicted molar refractivity (Wildman–Crippen MR) is 247 cm³/mol. The van der Waals surface area contributed by atoms with E-state index in [0.29, 0.717) is 11.8 Å². The van der Waals surface area contributed by atoms with Gasteiger partial charge in [0.2, 0.25) is 0 Å². The summed E-state index contributed by atoms with van der Waals surface area (Å²) >= 11 is 0. The Labute approximate surface area is 346 Å². The Morgan fingerprint density at radius 1 is 0.712 bits per heavy atom. The zero-order chi connectivity index (χ0) is 39.0. The minimum atomic E-state index is 0.0326. The van der Waals surface area contributed by atoms with E-state index < -0.39 is 0 Å².